The molecule has 0 radical (unpaired) electrons. The van der Waals surface area contributed by atoms with E-state index in [1.54, 1.807) is 0 Å². The molecular formula is C12H13BrN4. The maximum atomic E-state index is 5.93. The number of benzene rings is 1. The van der Waals surface area contributed by atoms with E-state index in [4.69, 9.17) is 5.73 Å². The van der Waals surface area contributed by atoms with Crippen molar-refractivity contribution in [3.05, 3.63) is 34.6 Å². The quantitative estimate of drug-likeness (QED) is 0.874. The summed E-state index contributed by atoms with van der Waals surface area (Å²) in [5.74, 6) is 1.82. The van der Waals surface area contributed by atoms with Crippen LogP contribution in [0.3, 0.4) is 0 Å². The summed E-state index contributed by atoms with van der Waals surface area (Å²) in [6.07, 6.45) is 1.91. The molecule has 3 rings (SSSR count). The van der Waals surface area contributed by atoms with Gasteiger partial charge < -0.3 is 5.73 Å². The first kappa shape index (κ1) is 10.9. The number of fused-ring (bicyclic) bond motifs is 1. The predicted octanol–water partition coefficient (Wildman–Crippen LogP) is 1.98. The number of aromatic nitrogens is 3. The highest BCUT2D eigenvalue weighted by Gasteiger charge is 2.19. The Labute approximate surface area is 108 Å². The molecule has 0 fully saturated rings. The number of nitrogens with two attached hydrogens (primary N) is 1. The minimum atomic E-state index is 0.205. The summed E-state index contributed by atoms with van der Waals surface area (Å²) in [6, 6.07) is 8.20. The first-order chi connectivity index (χ1) is 8.24. The zero-order valence-electron chi connectivity index (χ0n) is 9.31. The first-order valence-corrected chi connectivity index (χ1v) is 6.47. The first-order valence-electron chi connectivity index (χ1n) is 5.68. The van der Waals surface area contributed by atoms with E-state index in [1.165, 1.54) is 0 Å². The second-order valence-corrected chi connectivity index (χ2v) is 5.17. The molecule has 0 aliphatic carbocycles. The fraction of sp³-hybridized carbons (Fsp3) is 0.333. The highest BCUT2D eigenvalue weighted by atomic mass is 79.9. The van der Waals surface area contributed by atoms with Crippen LogP contribution in [0.15, 0.2) is 28.7 Å². The molecule has 1 aliphatic rings. The molecule has 0 saturated carbocycles. The Kier molecular flexibility index (Phi) is 2.72. The van der Waals surface area contributed by atoms with Gasteiger partial charge in [0.15, 0.2) is 5.82 Å². The second kappa shape index (κ2) is 4.23. The number of nitrogens with zero attached hydrogens (tertiary/aromatic N) is 3. The number of aryl methyl sites for hydroxylation is 1. The number of rotatable bonds is 1. The van der Waals surface area contributed by atoms with Gasteiger partial charge in [-0.1, -0.05) is 28.1 Å². The van der Waals surface area contributed by atoms with Crippen molar-refractivity contribution in [3.63, 3.8) is 0 Å². The van der Waals surface area contributed by atoms with Crippen molar-refractivity contribution >= 4 is 15.9 Å². The number of halogens is 1. The SMILES string of the molecule is NC1CCc2nc(-c3ccccc3Br)nn2C1. The van der Waals surface area contributed by atoms with Gasteiger partial charge in [-0.05, 0) is 18.6 Å². The maximum Gasteiger partial charge on any atom is 0.182 e. The van der Waals surface area contributed by atoms with Gasteiger partial charge in [0.25, 0.3) is 0 Å². The summed E-state index contributed by atoms with van der Waals surface area (Å²) in [4.78, 5) is 4.58. The lowest BCUT2D eigenvalue weighted by molar-refractivity contribution is 0.422. The molecule has 0 spiro atoms. The zero-order chi connectivity index (χ0) is 11.8. The fourth-order valence-corrected chi connectivity index (χ4v) is 2.55. The van der Waals surface area contributed by atoms with Crippen molar-refractivity contribution < 1.29 is 0 Å². The van der Waals surface area contributed by atoms with Crippen LogP contribution in [-0.4, -0.2) is 20.8 Å². The maximum absolute atomic E-state index is 5.93. The van der Waals surface area contributed by atoms with Crippen molar-refractivity contribution in [2.75, 3.05) is 0 Å². The monoisotopic (exact) mass is 292 g/mol. The van der Waals surface area contributed by atoms with Gasteiger partial charge >= 0.3 is 0 Å². The third-order valence-corrected chi connectivity index (χ3v) is 3.70. The lowest BCUT2D eigenvalue weighted by Gasteiger charge is -2.17. The summed E-state index contributed by atoms with van der Waals surface area (Å²) in [5, 5.41) is 4.53. The van der Waals surface area contributed by atoms with Crippen molar-refractivity contribution in [1.29, 1.82) is 0 Å². The standard InChI is InChI=1S/C12H13BrN4/c13-10-4-2-1-3-9(10)12-15-11-6-5-8(14)7-17(11)16-12/h1-4,8H,5-7,14H2. The lowest BCUT2D eigenvalue weighted by Crippen LogP contribution is -2.32. The number of hydrogen-bond acceptors (Lipinski definition) is 3. The summed E-state index contributed by atoms with van der Waals surface area (Å²) >= 11 is 3.52. The van der Waals surface area contributed by atoms with E-state index in [2.05, 4.69) is 26.0 Å². The molecule has 1 aliphatic heterocycles. The van der Waals surface area contributed by atoms with Crippen LogP contribution in [0.2, 0.25) is 0 Å². The van der Waals surface area contributed by atoms with Gasteiger partial charge in [-0.15, -0.1) is 0 Å². The smallest absolute Gasteiger partial charge is 0.182 e. The zero-order valence-corrected chi connectivity index (χ0v) is 10.9. The van der Waals surface area contributed by atoms with Gasteiger partial charge in [0.2, 0.25) is 0 Å². The predicted molar refractivity (Wildman–Crippen MR) is 69.5 cm³/mol. The van der Waals surface area contributed by atoms with E-state index in [9.17, 15) is 0 Å². The minimum Gasteiger partial charge on any atom is -0.326 e. The summed E-state index contributed by atoms with van der Waals surface area (Å²) < 4.78 is 2.95. The van der Waals surface area contributed by atoms with Crippen molar-refractivity contribution in [2.45, 2.75) is 25.4 Å². The van der Waals surface area contributed by atoms with Crippen LogP contribution in [0.25, 0.3) is 11.4 Å². The van der Waals surface area contributed by atoms with Crippen LogP contribution in [-0.2, 0) is 13.0 Å². The Morgan fingerprint density at radius 2 is 2.18 bits per heavy atom. The molecule has 1 unspecified atom stereocenters. The minimum absolute atomic E-state index is 0.205. The van der Waals surface area contributed by atoms with E-state index in [0.29, 0.717) is 0 Å². The third-order valence-electron chi connectivity index (χ3n) is 3.01. The Hall–Kier alpha value is -1.20. The molecular weight excluding hydrogens is 280 g/mol. The van der Waals surface area contributed by atoms with Crippen molar-refractivity contribution in [1.82, 2.24) is 14.8 Å². The van der Waals surface area contributed by atoms with Crippen LogP contribution in [0.1, 0.15) is 12.2 Å². The Bertz CT molecular complexity index is 549. The van der Waals surface area contributed by atoms with E-state index >= 15 is 0 Å². The van der Waals surface area contributed by atoms with E-state index in [0.717, 1.165) is 41.1 Å². The molecule has 1 aromatic carbocycles. The average molecular weight is 293 g/mol. The lowest BCUT2D eigenvalue weighted by atomic mass is 10.1. The molecule has 2 heterocycles. The fourth-order valence-electron chi connectivity index (χ4n) is 2.09. The normalized spacial score (nSPS) is 19.1. The van der Waals surface area contributed by atoms with Crippen LogP contribution < -0.4 is 5.73 Å². The molecule has 1 aromatic heterocycles. The van der Waals surface area contributed by atoms with Gasteiger partial charge in [-0.3, -0.25) is 0 Å². The molecule has 0 saturated heterocycles. The van der Waals surface area contributed by atoms with Gasteiger partial charge in [-0.25, -0.2) is 9.67 Å². The van der Waals surface area contributed by atoms with Gasteiger partial charge in [0.1, 0.15) is 5.82 Å². The van der Waals surface area contributed by atoms with Crippen molar-refractivity contribution in [2.24, 2.45) is 5.73 Å². The number of hydrogen-bond donors (Lipinski definition) is 1. The van der Waals surface area contributed by atoms with Crippen LogP contribution >= 0.6 is 15.9 Å². The molecule has 2 aromatic rings. The van der Waals surface area contributed by atoms with Crippen LogP contribution in [0.4, 0.5) is 0 Å². The summed E-state index contributed by atoms with van der Waals surface area (Å²) in [5.41, 5.74) is 6.96. The van der Waals surface area contributed by atoms with E-state index in [-0.39, 0.29) is 6.04 Å². The summed E-state index contributed by atoms with van der Waals surface area (Å²) in [6.45, 7) is 0.771. The molecule has 4 nitrogen and oxygen atoms in total. The molecule has 1 atom stereocenters. The molecule has 17 heavy (non-hydrogen) atoms. The Morgan fingerprint density at radius 3 is 3.00 bits per heavy atom. The van der Waals surface area contributed by atoms with Crippen LogP contribution in [0.5, 0.6) is 0 Å². The van der Waals surface area contributed by atoms with Gasteiger partial charge in [0, 0.05) is 22.5 Å². The second-order valence-electron chi connectivity index (χ2n) is 4.31. The molecule has 2 N–H and O–H groups in total. The molecule has 0 amide bonds. The van der Waals surface area contributed by atoms with E-state index in [1.807, 2.05) is 28.9 Å². The molecule has 88 valence electrons. The average Bonchev–Trinajstić information content (AvgIpc) is 2.72. The summed E-state index contributed by atoms with van der Waals surface area (Å²) in [7, 11) is 0. The highest BCUT2D eigenvalue weighted by molar-refractivity contribution is 9.10. The largest absolute Gasteiger partial charge is 0.326 e. The Balaban J connectivity index is 2.03. The molecule has 5 heteroatoms. The molecule has 0 bridgehead atoms. The topological polar surface area (TPSA) is 56.7 Å². The van der Waals surface area contributed by atoms with Crippen LogP contribution in [0, 0.1) is 0 Å². The Morgan fingerprint density at radius 1 is 1.35 bits per heavy atom. The van der Waals surface area contributed by atoms with Gasteiger partial charge in [0.05, 0.1) is 6.54 Å². The van der Waals surface area contributed by atoms with E-state index < -0.39 is 0 Å². The van der Waals surface area contributed by atoms with Gasteiger partial charge in [-0.2, -0.15) is 5.10 Å². The van der Waals surface area contributed by atoms with Crippen molar-refractivity contribution in [3.8, 4) is 11.4 Å². The third kappa shape index (κ3) is 2.00. The highest BCUT2D eigenvalue weighted by Crippen LogP contribution is 2.26.